The lowest BCUT2D eigenvalue weighted by molar-refractivity contribution is 0.303. The van der Waals surface area contributed by atoms with E-state index < -0.39 is 0 Å². The summed E-state index contributed by atoms with van der Waals surface area (Å²) in [5.74, 6) is 0.793. The number of benzene rings is 1. The number of rotatable bonds is 5. The Labute approximate surface area is 105 Å². The molecule has 1 aromatic carbocycles. The van der Waals surface area contributed by atoms with Crippen LogP contribution in [0.25, 0.3) is 0 Å². The lowest BCUT2D eigenvalue weighted by Gasteiger charge is -2.18. The Balaban J connectivity index is 1.90. The zero-order valence-electron chi connectivity index (χ0n) is 11.3. The molecular formula is C15H24N2. The average molecular weight is 232 g/mol. The summed E-state index contributed by atoms with van der Waals surface area (Å²) in [6.07, 6.45) is 1.28. The van der Waals surface area contributed by atoms with Crippen molar-refractivity contribution < 1.29 is 0 Å². The molecule has 0 aromatic heterocycles. The van der Waals surface area contributed by atoms with E-state index in [1.54, 1.807) is 0 Å². The highest BCUT2D eigenvalue weighted by atomic mass is 15.1. The second-order valence-electron chi connectivity index (χ2n) is 5.63. The molecular weight excluding hydrogens is 208 g/mol. The van der Waals surface area contributed by atoms with E-state index in [1.165, 1.54) is 29.7 Å². The molecule has 0 unspecified atom stereocenters. The highest BCUT2D eigenvalue weighted by Gasteiger charge is 2.10. The quantitative estimate of drug-likeness (QED) is 0.840. The van der Waals surface area contributed by atoms with Crippen molar-refractivity contribution in [2.45, 2.75) is 39.9 Å². The third-order valence-corrected chi connectivity index (χ3v) is 3.44. The van der Waals surface area contributed by atoms with E-state index in [1.807, 2.05) is 0 Å². The largest absolute Gasteiger partial charge is 0.309 e. The van der Waals surface area contributed by atoms with E-state index in [9.17, 15) is 0 Å². The van der Waals surface area contributed by atoms with Gasteiger partial charge in [-0.05, 0) is 42.6 Å². The first kappa shape index (κ1) is 12.6. The minimum absolute atomic E-state index is 0.793. The molecule has 0 aliphatic carbocycles. The van der Waals surface area contributed by atoms with Crippen LogP contribution in [-0.2, 0) is 19.6 Å². The van der Waals surface area contributed by atoms with Gasteiger partial charge in [0.05, 0.1) is 0 Å². The Morgan fingerprint density at radius 2 is 2.00 bits per heavy atom. The van der Waals surface area contributed by atoms with Gasteiger partial charge in [0, 0.05) is 19.6 Å². The third kappa shape index (κ3) is 3.55. The molecule has 2 heteroatoms. The number of hydrogen-bond donors (Lipinski definition) is 1. The molecule has 94 valence electrons. The topological polar surface area (TPSA) is 15.3 Å². The molecule has 0 bridgehead atoms. The first-order chi connectivity index (χ1) is 8.15. The maximum atomic E-state index is 3.39. The first-order valence-electron chi connectivity index (χ1n) is 6.65. The van der Waals surface area contributed by atoms with E-state index in [0.717, 1.165) is 25.6 Å². The zero-order valence-corrected chi connectivity index (χ0v) is 11.3. The van der Waals surface area contributed by atoms with E-state index in [0.29, 0.717) is 0 Å². The molecule has 0 fully saturated rings. The summed E-state index contributed by atoms with van der Waals surface area (Å²) in [7, 11) is 2.22. The number of nitrogens with zero attached hydrogens (tertiary/aromatic N) is 1. The number of fused-ring (bicyclic) bond motifs is 1. The summed E-state index contributed by atoms with van der Waals surface area (Å²) in [6, 6.07) is 6.92. The van der Waals surface area contributed by atoms with E-state index >= 15 is 0 Å². The van der Waals surface area contributed by atoms with Gasteiger partial charge in [0.1, 0.15) is 0 Å². The van der Waals surface area contributed by atoms with Crippen molar-refractivity contribution in [3.05, 3.63) is 34.9 Å². The number of hydrogen-bond acceptors (Lipinski definition) is 2. The second-order valence-corrected chi connectivity index (χ2v) is 5.63. The summed E-state index contributed by atoms with van der Waals surface area (Å²) >= 11 is 0. The van der Waals surface area contributed by atoms with Crippen molar-refractivity contribution in [2.24, 2.45) is 5.92 Å². The minimum Gasteiger partial charge on any atom is -0.309 e. The zero-order chi connectivity index (χ0) is 12.3. The van der Waals surface area contributed by atoms with Gasteiger partial charge < -0.3 is 10.2 Å². The van der Waals surface area contributed by atoms with Gasteiger partial charge in [-0.25, -0.2) is 0 Å². The molecule has 1 aromatic rings. The summed E-state index contributed by atoms with van der Waals surface area (Å²) < 4.78 is 0. The fraction of sp³-hybridized carbons (Fsp3) is 0.600. The predicted molar refractivity (Wildman–Crippen MR) is 72.8 cm³/mol. The molecule has 17 heavy (non-hydrogen) atoms. The summed E-state index contributed by atoms with van der Waals surface area (Å²) in [4.78, 5) is 2.42. The number of nitrogens with one attached hydrogen (secondary N) is 1. The predicted octanol–water partition coefficient (Wildman–Crippen LogP) is 2.77. The van der Waals surface area contributed by atoms with Gasteiger partial charge >= 0.3 is 0 Å². The van der Waals surface area contributed by atoms with Crippen LogP contribution in [-0.4, -0.2) is 18.5 Å². The van der Waals surface area contributed by atoms with Crippen LogP contribution in [0.4, 0.5) is 0 Å². The standard InChI is InChI=1S/C15H24N2/c1-12(2)6-7-17(3)11-13-4-5-14-9-16-10-15(14)8-13/h4-5,8,12,16H,6-7,9-11H2,1-3H3. The highest BCUT2D eigenvalue weighted by Crippen LogP contribution is 2.18. The molecule has 1 N–H and O–H groups in total. The summed E-state index contributed by atoms with van der Waals surface area (Å²) in [5.41, 5.74) is 4.40. The van der Waals surface area contributed by atoms with Gasteiger partial charge in [0.2, 0.25) is 0 Å². The molecule has 1 aliphatic rings. The summed E-state index contributed by atoms with van der Waals surface area (Å²) in [5, 5.41) is 3.39. The van der Waals surface area contributed by atoms with Crippen molar-refractivity contribution in [1.82, 2.24) is 10.2 Å². The van der Waals surface area contributed by atoms with Crippen LogP contribution >= 0.6 is 0 Å². The molecule has 0 saturated carbocycles. The van der Waals surface area contributed by atoms with Crippen LogP contribution in [0, 0.1) is 5.92 Å². The second kappa shape index (κ2) is 5.65. The molecule has 2 nitrogen and oxygen atoms in total. The van der Waals surface area contributed by atoms with E-state index in [2.05, 4.69) is 49.3 Å². The van der Waals surface area contributed by atoms with Gasteiger partial charge in [-0.1, -0.05) is 32.0 Å². The van der Waals surface area contributed by atoms with Crippen LogP contribution in [0.3, 0.4) is 0 Å². The highest BCUT2D eigenvalue weighted by molar-refractivity contribution is 5.34. The van der Waals surface area contributed by atoms with Crippen molar-refractivity contribution in [3.8, 4) is 0 Å². The summed E-state index contributed by atoms with van der Waals surface area (Å²) in [6.45, 7) is 8.91. The van der Waals surface area contributed by atoms with Crippen molar-refractivity contribution >= 4 is 0 Å². The molecule has 1 aliphatic heterocycles. The average Bonchev–Trinajstić information content (AvgIpc) is 2.73. The fourth-order valence-electron chi connectivity index (χ4n) is 2.32. The van der Waals surface area contributed by atoms with Crippen LogP contribution in [0.5, 0.6) is 0 Å². The lowest BCUT2D eigenvalue weighted by Crippen LogP contribution is -2.20. The molecule has 0 saturated heterocycles. The van der Waals surface area contributed by atoms with Gasteiger partial charge in [0.15, 0.2) is 0 Å². The Morgan fingerprint density at radius 3 is 2.76 bits per heavy atom. The van der Waals surface area contributed by atoms with Gasteiger partial charge in [-0.3, -0.25) is 0 Å². The molecule has 1 heterocycles. The van der Waals surface area contributed by atoms with Gasteiger partial charge in [-0.15, -0.1) is 0 Å². The Bertz CT molecular complexity index is 371. The maximum absolute atomic E-state index is 3.39. The smallest absolute Gasteiger partial charge is 0.0230 e. The Hall–Kier alpha value is -0.860. The van der Waals surface area contributed by atoms with E-state index in [-0.39, 0.29) is 0 Å². The van der Waals surface area contributed by atoms with Crippen molar-refractivity contribution in [2.75, 3.05) is 13.6 Å². The molecule has 0 amide bonds. The SMILES string of the molecule is CC(C)CCN(C)Cc1ccc2c(c1)CNC2. The lowest BCUT2D eigenvalue weighted by atomic mass is 10.1. The Kier molecular flexibility index (Phi) is 4.19. The van der Waals surface area contributed by atoms with Crippen LogP contribution in [0.1, 0.15) is 37.0 Å². The molecule has 0 atom stereocenters. The Morgan fingerprint density at radius 1 is 1.24 bits per heavy atom. The monoisotopic (exact) mass is 232 g/mol. The van der Waals surface area contributed by atoms with Gasteiger partial charge in [0.25, 0.3) is 0 Å². The first-order valence-corrected chi connectivity index (χ1v) is 6.65. The molecule has 0 radical (unpaired) electrons. The van der Waals surface area contributed by atoms with Crippen LogP contribution in [0.2, 0.25) is 0 Å². The third-order valence-electron chi connectivity index (χ3n) is 3.44. The van der Waals surface area contributed by atoms with Crippen molar-refractivity contribution in [1.29, 1.82) is 0 Å². The molecule has 0 spiro atoms. The normalized spacial score (nSPS) is 14.6. The van der Waals surface area contributed by atoms with Gasteiger partial charge in [-0.2, -0.15) is 0 Å². The van der Waals surface area contributed by atoms with Crippen LogP contribution in [0.15, 0.2) is 18.2 Å². The fourth-order valence-corrected chi connectivity index (χ4v) is 2.32. The minimum atomic E-state index is 0.793. The van der Waals surface area contributed by atoms with Crippen molar-refractivity contribution in [3.63, 3.8) is 0 Å². The van der Waals surface area contributed by atoms with E-state index in [4.69, 9.17) is 0 Å². The maximum Gasteiger partial charge on any atom is 0.0230 e. The molecule has 2 rings (SSSR count). The van der Waals surface area contributed by atoms with Crippen LogP contribution < -0.4 is 5.32 Å².